The number of nitrogens with zero attached hydrogens (tertiary/aromatic N) is 3. The minimum absolute atomic E-state index is 0.0314. The lowest BCUT2D eigenvalue weighted by atomic mass is 9.77. The van der Waals surface area contributed by atoms with Crippen LogP contribution in [0.3, 0.4) is 0 Å². The molecule has 3 rings (SSSR count). The number of carbonyl (C=O) groups excluding carboxylic acids is 2. The Hall–Kier alpha value is -2.69. The minimum atomic E-state index is -5.08. The van der Waals surface area contributed by atoms with Crippen molar-refractivity contribution in [1.29, 1.82) is 0 Å². The van der Waals surface area contributed by atoms with Crippen LogP contribution in [0.2, 0.25) is 0 Å². The van der Waals surface area contributed by atoms with E-state index in [-0.39, 0.29) is 17.2 Å². The zero-order valence-electron chi connectivity index (χ0n) is 16.5. The summed E-state index contributed by atoms with van der Waals surface area (Å²) in [5.74, 6) is -2.48. The second-order valence-electron chi connectivity index (χ2n) is 7.15. The molecule has 2 aliphatic rings. The molecule has 30 heavy (non-hydrogen) atoms. The molecule has 0 aromatic carbocycles. The molecule has 11 heteroatoms. The predicted molar refractivity (Wildman–Crippen MR) is 98.6 cm³/mol. The van der Waals surface area contributed by atoms with Gasteiger partial charge in [0.25, 0.3) is 5.91 Å². The van der Waals surface area contributed by atoms with Crippen LogP contribution >= 0.6 is 0 Å². The summed E-state index contributed by atoms with van der Waals surface area (Å²) >= 11 is 0. The molecule has 0 radical (unpaired) electrons. The lowest BCUT2D eigenvalue weighted by Gasteiger charge is -2.38. The van der Waals surface area contributed by atoms with Gasteiger partial charge >= 0.3 is 12.1 Å². The Balaban J connectivity index is 0.000000396. The number of methoxy groups -OCH3 is 1. The number of likely N-dealkylation sites (tertiary alicyclic amines) is 2. The van der Waals surface area contributed by atoms with Gasteiger partial charge in [-0.2, -0.15) is 13.2 Å². The Kier molecular flexibility index (Phi) is 7.77. The summed E-state index contributed by atoms with van der Waals surface area (Å²) in [4.78, 5) is 41.8. The van der Waals surface area contributed by atoms with Crippen LogP contribution in [0.5, 0.6) is 0 Å². The SMILES string of the molecule is COCCN1CCC2(CCN(C(=O)c3ccncc3)CC2)C1=O.O=C(O)C(F)(F)F. The minimum Gasteiger partial charge on any atom is -0.475 e. The van der Waals surface area contributed by atoms with Crippen LogP contribution in [0.25, 0.3) is 0 Å². The summed E-state index contributed by atoms with van der Waals surface area (Å²) in [6.45, 7) is 3.34. The van der Waals surface area contributed by atoms with E-state index in [2.05, 4.69) is 4.98 Å². The van der Waals surface area contributed by atoms with Gasteiger partial charge in [0.2, 0.25) is 5.91 Å². The van der Waals surface area contributed by atoms with E-state index in [1.54, 1.807) is 31.6 Å². The van der Waals surface area contributed by atoms with E-state index < -0.39 is 12.1 Å². The number of carboxylic acids is 1. The van der Waals surface area contributed by atoms with Crippen molar-refractivity contribution in [3.8, 4) is 0 Å². The number of alkyl halides is 3. The average Bonchev–Trinajstić information content (AvgIpc) is 3.02. The predicted octanol–water partition coefficient (Wildman–Crippen LogP) is 1.82. The van der Waals surface area contributed by atoms with Crippen LogP contribution in [0.15, 0.2) is 24.5 Å². The molecule has 0 bridgehead atoms. The monoisotopic (exact) mass is 431 g/mol. The van der Waals surface area contributed by atoms with E-state index >= 15 is 0 Å². The highest BCUT2D eigenvalue weighted by molar-refractivity contribution is 5.94. The number of aromatic nitrogens is 1. The van der Waals surface area contributed by atoms with E-state index in [4.69, 9.17) is 14.6 Å². The highest BCUT2D eigenvalue weighted by atomic mass is 19.4. The van der Waals surface area contributed by atoms with Gasteiger partial charge in [0.1, 0.15) is 0 Å². The van der Waals surface area contributed by atoms with Crippen molar-refractivity contribution in [3.63, 3.8) is 0 Å². The molecule has 166 valence electrons. The maximum Gasteiger partial charge on any atom is 0.490 e. The summed E-state index contributed by atoms with van der Waals surface area (Å²) in [6, 6.07) is 3.47. The van der Waals surface area contributed by atoms with Gasteiger partial charge in [0.15, 0.2) is 0 Å². The molecule has 1 N–H and O–H groups in total. The van der Waals surface area contributed by atoms with Gasteiger partial charge in [0, 0.05) is 51.2 Å². The quantitative estimate of drug-likeness (QED) is 0.781. The van der Waals surface area contributed by atoms with Crippen molar-refractivity contribution in [1.82, 2.24) is 14.8 Å². The average molecular weight is 431 g/mol. The molecule has 8 nitrogen and oxygen atoms in total. The smallest absolute Gasteiger partial charge is 0.475 e. The molecule has 2 aliphatic heterocycles. The first-order valence-corrected chi connectivity index (χ1v) is 9.38. The van der Waals surface area contributed by atoms with E-state index in [0.717, 1.165) is 25.8 Å². The van der Waals surface area contributed by atoms with Gasteiger partial charge in [0.05, 0.1) is 12.0 Å². The van der Waals surface area contributed by atoms with Crippen LogP contribution in [0, 0.1) is 5.41 Å². The zero-order valence-corrected chi connectivity index (χ0v) is 16.5. The van der Waals surface area contributed by atoms with Crippen molar-refractivity contribution >= 4 is 17.8 Å². The molecule has 3 heterocycles. The largest absolute Gasteiger partial charge is 0.490 e. The summed E-state index contributed by atoms with van der Waals surface area (Å²) in [5, 5.41) is 7.12. The summed E-state index contributed by atoms with van der Waals surface area (Å²) < 4.78 is 36.8. The number of piperidine rings is 1. The third kappa shape index (κ3) is 5.68. The zero-order chi connectivity index (χ0) is 22.4. The number of ether oxygens (including phenoxy) is 1. The van der Waals surface area contributed by atoms with Crippen LogP contribution in [-0.4, -0.2) is 83.7 Å². The molecule has 2 saturated heterocycles. The number of rotatable bonds is 4. The highest BCUT2D eigenvalue weighted by Gasteiger charge is 2.48. The first kappa shape index (κ1) is 23.6. The van der Waals surface area contributed by atoms with Crippen LogP contribution in [-0.2, 0) is 14.3 Å². The van der Waals surface area contributed by atoms with E-state index in [1.807, 2.05) is 9.80 Å². The van der Waals surface area contributed by atoms with Crippen molar-refractivity contribution in [2.45, 2.75) is 25.4 Å². The third-order valence-corrected chi connectivity index (χ3v) is 5.34. The summed E-state index contributed by atoms with van der Waals surface area (Å²) in [6.07, 6.45) is 0.588. The van der Waals surface area contributed by atoms with Crippen molar-refractivity contribution in [3.05, 3.63) is 30.1 Å². The molecule has 0 unspecified atom stereocenters. The van der Waals surface area contributed by atoms with Crippen molar-refractivity contribution in [2.75, 3.05) is 39.9 Å². The third-order valence-electron chi connectivity index (χ3n) is 5.34. The van der Waals surface area contributed by atoms with Crippen molar-refractivity contribution < 1.29 is 37.4 Å². The Morgan fingerprint density at radius 1 is 1.17 bits per heavy atom. The number of halogens is 3. The van der Waals surface area contributed by atoms with Gasteiger partial charge in [-0.3, -0.25) is 14.6 Å². The van der Waals surface area contributed by atoms with Gasteiger partial charge in [-0.05, 0) is 31.4 Å². The lowest BCUT2D eigenvalue weighted by Crippen LogP contribution is -2.47. The number of hydrogen-bond acceptors (Lipinski definition) is 5. The molecule has 0 atom stereocenters. The molecular formula is C19H24F3N3O5. The molecule has 1 spiro atoms. The first-order valence-electron chi connectivity index (χ1n) is 9.38. The molecule has 2 amide bonds. The number of aliphatic carboxylic acids is 1. The number of pyridine rings is 1. The van der Waals surface area contributed by atoms with Gasteiger partial charge in [-0.25, -0.2) is 4.79 Å². The second-order valence-corrected chi connectivity index (χ2v) is 7.15. The maximum atomic E-state index is 12.7. The fourth-order valence-corrected chi connectivity index (χ4v) is 3.59. The molecule has 1 aromatic rings. The molecule has 0 saturated carbocycles. The summed E-state index contributed by atoms with van der Waals surface area (Å²) in [7, 11) is 1.65. The second kappa shape index (κ2) is 9.88. The number of amides is 2. The van der Waals surface area contributed by atoms with Gasteiger partial charge < -0.3 is 19.6 Å². The molecule has 1 aromatic heterocycles. The molecule has 0 aliphatic carbocycles. The van der Waals surface area contributed by atoms with Gasteiger partial charge in [-0.1, -0.05) is 0 Å². The van der Waals surface area contributed by atoms with Crippen LogP contribution < -0.4 is 0 Å². The highest BCUT2D eigenvalue weighted by Crippen LogP contribution is 2.41. The van der Waals surface area contributed by atoms with Crippen molar-refractivity contribution in [2.24, 2.45) is 5.41 Å². The Morgan fingerprint density at radius 3 is 2.20 bits per heavy atom. The number of carboxylic acid groups (broad SMARTS) is 1. The fraction of sp³-hybridized carbons (Fsp3) is 0.579. The van der Waals surface area contributed by atoms with Gasteiger partial charge in [-0.15, -0.1) is 0 Å². The maximum absolute atomic E-state index is 12.7. The molecular weight excluding hydrogens is 407 g/mol. The van der Waals surface area contributed by atoms with E-state index in [9.17, 15) is 22.8 Å². The van der Waals surface area contributed by atoms with E-state index in [0.29, 0.717) is 31.8 Å². The Labute approximate surface area is 171 Å². The van der Waals surface area contributed by atoms with Crippen LogP contribution in [0.4, 0.5) is 13.2 Å². The van der Waals surface area contributed by atoms with Crippen LogP contribution in [0.1, 0.15) is 29.6 Å². The molecule has 2 fully saturated rings. The topological polar surface area (TPSA) is 100 Å². The Bertz CT molecular complexity index is 750. The Morgan fingerprint density at radius 2 is 1.70 bits per heavy atom. The normalized spacial score (nSPS) is 18.2. The number of carbonyl (C=O) groups is 3. The number of hydrogen-bond donors (Lipinski definition) is 1. The standard InChI is InChI=1S/C17H23N3O3.C2HF3O2/c1-23-13-12-20-11-6-17(16(20)22)4-9-19(10-5-17)15(21)14-2-7-18-8-3-14;3-2(4,5)1(6)7/h2-3,7-8H,4-6,9-13H2,1H3;(H,6,7). The lowest BCUT2D eigenvalue weighted by molar-refractivity contribution is -0.192. The first-order chi connectivity index (χ1) is 14.1. The van der Waals surface area contributed by atoms with E-state index in [1.165, 1.54) is 0 Å². The fourth-order valence-electron chi connectivity index (χ4n) is 3.59. The summed E-state index contributed by atoms with van der Waals surface area (Å²) in [5.41, 5.74) is 0.401.